The summed E-state index contributed by atoms with van der Waals surface area (Å²) in [6, 6.07) is 10.0. The van der Waals surface area contributed by atoms with Crippen molar-refractivity contribution in [3.05, 3.63) is 58.6 Å². The minimum atomic E-state index is 0.460. The standard InChI is InChI=1S/C16H18ClN3/c1-12-6-8-18-16(19-12)14-7-9-20(11-14)10-13-2-4-15(17)5-3-13/h2-6,8,14H,7,9-11H2,1H3. The van der Waals surface area contributed by atoms with Gasteiger partial charge < -0.3 is 0 Å². The van der Waals surface area contributed by atoms with E-state index in [1.165, 1.54) is 5.56 Å². The summed E-state index contributed by atoms with van der Waals surface area (Å²) >= 11 is 5.92. The fraction of sp³-hybridized carbons (Fsp3) is 0.375. The van der Waals surface area contributed by atoms with Gasteiger partial charge in [0.1, 0.15) is 5.82 Å². The molecule has 0 N–H and O–H groups in total. The van der Waals surface area contributed by atoms with Crippen molar-refractivity contribution in [1.82, 2.24) is 14.9 Å². The van der Waals surface area contributed by atoms with Crippen LogP contribution in [0, 0.1) is 6.92 Å². The lowest BCUT2D eigenvalue weighted by Gasteiger charge is -2.15. The maximum Gasteiger partial charge on any atom is 0.132 e. The summed E-state index contributed by atoms with van der Waals surface area (Å²) in [5.74, 6) is 1.45. The van der Waals surface area contributed by atoms with Crippen LogP contribution in [0.25, 0.3) is 0 Å². The number of hydrogen-bond acceptors (Lipinski definition) is 3. The van der Waals surface area contributed by atoms with E-state index in [9.17, 15) is 0 Å². The van der Waals surface area contributed by atoms with Gasteiger partial charge in [-0.3, -0.25) is 4.90 Å². The molecule has 0 spiro atoms. The van der Waals surface area contributed by atoms with E-state index in [0.717, 1.165) is 42.6 Å². The number of halogens is 1. The zero-order valence-corrected chi connectivity index (χ0v) is 12.3. The van der Waals surface area contributed by atoms with Crippen LogP contribution < -0.4 is 0 Å². The number of benzene rings is 1. The molecule has 0 amide bonds. The molecule has 1 aliphatic heterocycles. The second-order valence-electron chi connectivity index (χ2n) is 5.40. The predicted octanol–water partition coefficient (Wildman–Crippen LogP) is 3.43. The second kappa shape index (κ2) is 5.90. The molecule has 104 valence electrons. The molecular weight excluding hydrogens is 270 g/mol. The van der Waals surface area contributed by atoms with Crippen LogP contribution in [0.2, 0.25) is 5.02 Å². The first-order valence-corrected chi connectivity index (χ1v) is 7.35. The predicted molar refractivity (Wildman–Crippen MR) is 80.9 cm³/mol. The van der Waals surface area contributed by atoms with Crippen LogP contribution in [0.15, 0.2) is 36.5 Å². The van der Waals surface area contributed by atoms with Gasteiger partial charge in [-0.1, -0.05) is 23.7 Å². The lowest BCUT2D eigenvalue weighted by Crippen LogP contribution is -2.20. The summed E-state index contributed by atoms with van der Waals surface area (Å²) in [5.41, 5.74) is 2.35. The van der Waals surface area contributed by atoms with Gasteiger partial charge in [-0.2, -0.15) is 0 Å². The molecule has 1 unspecified atom stereocenters. The van der Waals surface area contributed by atoms with Gasteiger partial charge in [-0.05, 0) is 43.7 Å². The van der Waals surface area contributed by atoms with Crippen molar-refractivity contribution in [2.45, 2.75) is 25.8 Å². The van der Waals surface area contributed by atoms with E-state index in [-0.39, 0.29) is 0 Å². The monoisotopic (exact) mass is 287 g/mol. The fourth-order valence-electron chi connectivity index (χ4n) is 2.70. The summed E-state index contributed by atoms with van der Waals surface area (Å²) in [5, 5.41) is 0.793. The van der Waals surface area contributed by atoms with Crippen LogP contribution in [0.4, 0.5) is 0 Å². The highest BCUT2D eigenvalue weighted by Crippen LogP contribution is 2.26. The van der Waals surface area contributed by atoms with E-state index in [0.29, 0.717) is 5.92 Å². The third-order valence-electron chi connectivity index (χ3n) is 3.77. The van der Waals surface area contributed by atoms with Gasteiger partial charge in [-0.25, -0.2) is 9.97 Å². The van der Waals surface area contributed by atoms with Crippen molar-refractivity contribution in [2.24, 2.45) is 0 Å². The SMILES string of the molecule is Cc1ccnc(C2CCN(Cc3ccc(Cl)cc3)C2)n1. The van der Waals surface area contributed by atoms with Crippen molar-refractivity contribution in [3.8, 4) is 0 Å². The molecule has 1 aromatic carbocycles. The minimum absolute atomic E-state index is 0.460. The van der Waals surface area contributed by atoms with Crippen molar-refractivity contribution < 1.29 is 0 Å². The molecule has 20 heavy (non-hydrogen) atoms. The third kappa shape index (κ3) is 3.17. The summed E-state index contributed by atoms with van der Waals surface area (Å²) in [7, 11) is 0. The number of likely N-dealkylation sites (tertiary alicyclic amines) is 1. The van der Waals surface area contributed by atoms with Gasteiger partial charge in [0.05, 0.1) is 0 Å². The second-order valence-corrected chi connectivity index (χ2v) is 5.84. The van der Waals surface area contributed by atoms with Gasteiger partial charge >= 0.3 is 0 Å². The number of aryl methyl sites for hydroxylation is 1. The molecule has 0 bridgehead atoms. The molecule has 1 saturated heterocycles. The zero-order valence-electron chi connectivity index (χ0n) is 11.6. The van der Waals surface area contributed by atoms with E-state index >= 15 is 0 Å². The molecule has 0 aliphatic carbocycles. The maximum atomic E-state index is 5.92. The van der Waals surface area contributed by atoms with E-state index < -0.39 is 0 Å². The quantitative estimate of drug-likeness (QED) is 0.866. The molecule has 3 nitrogen and oxygen atoms in total. The number of rotatable bonds is 3. The summed E-state index contributed by atoms with van der Waals surface area (Å²) in [4.78, 5) is 11.4. The highest BCUT2D eigenvalue weighted by Gasteiger charge is 2.25. The molecule has 2 heterocycles. The Morgan fingerprint density at radius 1 is 1.25 bits per heavy atom. The highest BCUT2D eigenvalue weighted by atomic mass is 35.5. The summed E-state index contributed by atoms with van der Waals surface area (Å²) in [6.45, 7) is 5.13. The lowest BCUT2D eigenvalue weighted by atomic mass is 10.1. The minimum Gasteiger partial charge on any atom is -0.298 e. The molecule has 1 aromatic heterocycles. The van der Waals surface area contributed by atoms with Crippen LogP contribution in [0.3, 0.4) is 0 Å². The Morgan fingerprint density at radius 3 is 2.80 bits per heavy atom. The first kappa shape index (κ1) is 13.5. The normalized spacial score (nSPS) is 19.4. The van der Waals surface area contributed by atoms with Crippen LogP contribution in [0.5, 0.6) is 0 Å². The van der Waals surface area contributed by atoms with E-state index in [4.69, 9.17) is 11.6 Å². The molecule has 1 aliphatic rings. The van der Waals surface area contributed by atoms with Gasteiger partial charge in [0.2, 0.25) is 0 Å². The Labute approximate surface area is 124 Å². The van der Waals surface area contributed by atoms with E-state index in [2.05, 4.69) is 27.0 Å². The molecule has 4 heteroatoms. The van der Waals surface area contributed by atoms with Crippen molar-refractivity contribution in [1.29, 1.82) is 0 Å². The average Bonchev–Trinajstić information content (AvgIpc) is 2.90. The van der Waals surface area contributed by atoms with Crippen LogP contribution in [-0.4, -0.2) is 28.0 Å². The van der Waals surface area contributed by atoms with Crippen LogP contribution >= 0.6 is 11.6 Å². The summed E-state index contributed by atoms with van der Waals surface area (Å²) < 4.78 is 0. The van der Waals surface area contributed by atoms with Crippen molar-refractivity contribution >= 4 is 11.6 Å². The molecule has 0 saturated carbocycles. The van der Waals surface area contributed by atoms with Gasteiger partial charge in [0.15, 0.2) is 0 Å². The molecular formula is C16H18ClN3. The van der Waals surface area contributed by atoms with Gasteiger partial charge in [0.25, 0.3) is 0 Å². The lowest BCUT2D eigenvalue weighted by molar-refractivity contribution is 0.325. The smallest absolute Gasteiger partial charge is 0.132 e. The van der Waals surface area contributed by atoms with Crippen LogP contribution in [-0.2, 0) is 6.54 Å². The first-order valence-electron chi connectivity index (χ1n) is 6.97. The molecule has 1 atom stereocenters. The maximum absolute atomic E-state index is 5.92. The highest BCUT2D eigenvalue weighted by molar-refractivity contribution is 6.30. The van der Waals surface area contributed by atoms with Crippen LogP contribution in [0.1, 0.15) is 29.4 Å². The van der Waals surface area contributed by atoms with Gasteiger partial charge in [-0.15, -0.1) is 0 Å². The zero-order chi connectivity index (χ0) is 13.9. The number of nitrogens with zero attached hydrogens (tertiary/aromatic N) is 3. The van der Waals surface area contributed by atoms with Crippen molar-refractivity contribution in [2.75, 3.05) is 13.1 Å². The molecule has 0 radical (unpaired) electrons. The molecule has 1 fully saturated rings. The van der Waals surface area contributed by atoms with E-state index in [1.807, 2.05) is 31.3 Å². The number of hydrogen-bond donors (Lipinski definition) is 0. The Balaban J connectivity index is 1.63. The Morgan fingerprint density at radius 2 is 2.05 bits per heavy atom. The topological polar surface area (TPSA) is 29.0 Å². The van der Waals surface area contributed by atoms with Crippen molar-refractivity contribution in [3.63, 3.8) is 0 Å². The van der Waals surface area contributed by atoms with E-state index in [1.54, 1.807) is 0 Å². The van der Waals surface area contributed by atoms with Gasteiger partial charge in [0, 0.05) is 35.9 Å². The first-order chi connectivity index (χ1) is 9.70. The molecule has 2 aromatic rings. The third-order valence-corrected chi connectivity index (χ3v) is 4.02. The average molecular weight is 288 g/mol. The number of aromatic nitrogens is 2. The summed E-state index contributed by atoms with van der Waals surface area (Å²) in [6.07, 6.45) is 3.00. The Hall–Kier alpha value is -1.45. The largest absolute Gasteiger partial charge is 0.298 e. The fourth-order valence-corrected chi connectivity index (χ4v) is 2.83. The molecule has 3 rings (SSSR count). The Bertz CT molecular complexity index is 583. The Kier molecular flexibility index (Phi) is 3.99.